The van der Waals surface area contributed by atoms with Crippen LogP contribution in [0.25, 0.3) is 0 Å². The molecule has 4 heterocycles. The maximum absolute atomic E-state index is 14.6. The van der Waals surface area contributed by atoms with Crippen LogP contribution in [0.5, 0.6) is 0 Å². The molecule has 244 valence electrons. The van der Waals surface area contributed by atoms with Crippen molar-refractivity contribution in [2.45, 2.75) is 89.3 Å². The van der Waals surface area contributed by atoms with Crippen molar-refractivity contribution in [1.82, 2.24) is 14.7 Å². The maximum Gasteiger partial charge on any atom is 0.313 e. The molecule has 1 spiro atoms. The van der Waals surface area contributed by atoms with Crippen molar-refractivity contribution in [2.24, 2.45) is 17.8 Å². The molecule has 0 saturated carbocycles. The van der Waals surface area contributed by atoms with Crippen LogP contribution in [-0.4, -0.2) is 100 Å². The van der Waals surface area contributed by atoms with Crippen LogP contribution in [-0.2, 0) is 28.7 Å². The second-order valence-corrected chi connectivity index (χ2v) is 13.1. The summed E-state index contributed by atoms with van der Waals surface area (Å²) in [6.07, 6.45) is 8.20. The number of hydrogen-bond donors (Lipinski definition) is 1. The molecule has 0 radical (unpaired) electrons. The Morgan fingerprint density at radius 2 is 1.80 bits per heavy atom. The number of esters is 1. The molecule has 4 aliphatic heterocycles. The number of ether oxygens (including phenoxy) is 2. The molecule has 3 amide bonds. The van der Waals surface area contributed by atoms with Crippen molar-refractivity contribution in [2.75, 3.05) is 26.7 Å². The number of nitrogens with zero attached hydrogens (tertiary/aromatic N) is 3. The Labute approximate surface area is 266 Å². The number of benzene rings is 1. The average molecular weight is 622 g/mol. The molecule has 1 N–H and O–H groups in total. The number of fused-ring (bicyclic) bond motifs is 2. The number of aliphatic hydroxyl groups excluding tert-OH is 1. The van der Waals surface area contributed by atoms with Gasteiger partial charge in [0.25, 0.3) is 0 Å². The van der Waals surface area contributed by atoms with Crippen LogP contribution >= 0.6 is 0 Å². The minimum Gasteiger partial charge on any atom is -0.455 e. The largest absolute Gasteiger partial charge is 0.455 e. The van der Waals surface area contributed by atoms with Gasteiger partial charge in [0.2, 0.25) is 17.7 Å². The number of cyclic esters (lactones) is 1. The third kappa shape index (κ3) is 5.83. The first-order valence-corrected chi connectivity index (χ1v) is 16.3. The average Bonchev–Trinajstić information content (AvgIpc) is 3.67. The minimum absolute atomic E-state index is 0.0916. The van der Waals surface area contributed by atoms with Gasteiger partial charge in [-0.25, -0.2) is 0 Å². The lowest BCUT2D eigenvalue weighted by molar-refractivity contribution is -0.164. The Kier molecular flexibility index (Phi) is 9.84. The van der Waals surface area contributed by atoms with Crippen molar-refractivity contribution in [3.8, 4) is 0 Å². The smallest absolute Gasteiger partial charge is 0.313 e. The Hall–Kier alpha value is -3.50. The van der Waals surface area contributed by atoms with E-state index in [4.69, 9.17) is 9.47 Å². The van der Waals surface area contributed by atoms with Crippen LogP contribution in [0.4, 0.5) is 0 Å². The van der Waals surface area contributed by atoms with Gasteiger partial charge < -0.3 is 29.3 Å². The van der Waals surface area contributed by atoms with E-state index in [-0.39, 0.29) is 30.8 Å². The lowest BCUT2D eigenvalue weighted by Gasteiger charge is -2.40. The molecule has 2 saturated heterocycles. The lowest BCUT2D eigenvalue weighted by atomic mass is 9.74. The summed E-state index contributed by atoms with van der Waals surface area (Å²) in [5, 5.41) is 10.5. The van der Waals surface area contributed by atoms with Crippen molar-refractivity contribution in [1.29, 1.82) is 0 Å². The quantitative estimate of drug-likeness (QED) is 0.367. The summed E-state index contributed by atoms with van der Waals surface area (Å²) in [6, 6.07) is 7.08. The van der Waals surface area contributed by atoms with Gasteiger partial charge in [-0.3, -0.25) is 19.2 Å². The van der Waals surface area contributed by atoms with Crippen molar-refractivity contribution < 1.29 is 33.8 Å². The van der Waals surface area contributed by atoms with Crippen LogP contribution in [0.2, 0.25) is 0 Å². The number of likely N-dealkylation sites (tertiary alicyclic amines) is 1. The molecule has 1 aromatic carbocycles. The standard InChI is InChI=1S/C35H47N3O7/c1-6-7-19-37-20-13-9-12-16-27(40)36(5)23(4)30(24-14-10-8-11-15-24)44-34(43)28-26-17-18-35(45-26)29(28)32(41)38(31(35)33(37)42)25(21-39)22(2)3/h8-11,13-15,17-18,22-23,25-26,28-31,39H,6-7,12,16,19-21H2,1-5H3/b13-9-/t23-,25+,26+,28-,29-,30+,31+,35-/m1/s1. The summed E-state index contributed by atoms with van der Waals surface area (Å²) in [6.45, 7) is 8.15. The van der Waals surface area contributed by atoms with Gasteiger partial charge in [0.1, 0.15) is 23.7 Å². The SMILES string of the molecule is CCCCN1C/C=C\CCC(=O)N(C)[C@H](C)[C@@H](c2ccccc2)OC(=O)[C@@H]2[C@@H]3C=C[C@]4(O3)[C@H](C1=O)N([C@@H](CO)C(C)C)C(=O)[C@@H]24. The highest BCUT2D eigenvalue weighted by atomic mass is 16.6. The Bertz CT molecular complexity index is 1330. The summed E-state index contributed by atoms with van der Waals surface area (Å²) in [5.74, 6) is -3.52. The van der Waals surface area contributed by atoms with E-state index in [0.717, 1.165) is 18.4 Å². The Balaban J connectivity index is 1.62. The summed E-state index contributed by atoms with van der Waals surface area (Å²) in [4.78, 5) is 61.5. The van der Waals surface area contributed by atoms with Crippen LogP contribution in [0.1, 0.15) is 65.0 Å². The van der Waals surface area contributed by atoms with Crippen molar-refractivity contribution >= 4 is 23.7 Å². The first-order valence-electron chi connectivity index (χ1n) is 16.3. The van der Waals surface area contributed by atoms with E-state index in [1.165, 1.54) is 4.90 Å². The fourth-order valence-corrected chi connectivity index (χ4v) is 7.37. The van der Waals surface area contributed by atoms with Gasteiger partial charge in [0, 0.05) is 26.6 Å². The molecule has 10 heteroatoms. The molecular weight excluding hydrogens is 574 g/mol. The number of aliphatic hydroxyl groups is 1. The zero-order chi connectivity index (χ0) is 32.5. The highest BCUT2D eigenvalue weighted by Crippen LogP contribution is 2.56. The third-order valence-corrected chi connectivity index (χ3v) is 10.1. The zero-order valence-corrected chi connectivity index (χ0v) is 27.0. The topological polar surface area (TPSA) is 117 Å². The van der Waals surface area contributed by atoms with Crippen LogP contribution in [0, 0.1) is 17.8 Å². The number of allylic oxidation sites excluding steroid dienone is 1. The fraction of sp³-hybridized carbons (Fsp3) is 0.600. The second-order valence-electron chi connectivity index (χ2n) is 13.1. The predicted molar refractivity (Wildman–Crippen MR) is 167 cm³/mol. The van der Waals surface area contributed by atoms with Gasteiger partial charge in [-0.1, -0.05) is 81.8 Å². The van der Waals surface area contributed by atoms with E-state index < -0.39 is 59.6 Å². The number of carbonyl (C=O) groups excluding carboxylic acids is 4. The van der Waals surface area contributed by atoms with E-state index in [1.54, 1.807) is 29.0 Å². The molecule has 0 aromatic heterocycles. The van der Waals surface area contributed by atoms with E-state index in [2.05, 4.69) is 0 Å². The lowest BCUT2D eigenvalue weighted by Crippen LogP contribution is -2.59. The molecular formula is C35H47N3O7. The molecule has 5 bridgehead atoms. The van der Waals surface area contributed by atoms with E-state index >= 15 is 0 Å². The molecule has 5 rings (SSSR count). The molecule has 4 aliphatic rings. The van der Waals surface area contributed by atoms with Crippen LogP contribution in [0.15, 0.2) is 54.6 Å². The number of carbonyl (C=O) groups is 4. The number of unbranched alkanes of at least 4 members (excludes halogenated alkanes) is 1. The molecule has 1 aromatic rings. The minimum atomic E-state index is -1.37. The molecule has 2 fully saturated rings. The Morgan fingerprint density at radius 1 is 1.07 bits per heavy atom. The first-order chi connectivity index (χ1) is 21.6. The van der Waals surface area contributed by atoms with Gasteiger partial charge in [-0.05, 0) is 31.2 Å². The summed E-state index contributed by atoms with van der Waals surface area (Å²) >= 11 is 0. The maximum atomic E-state index is 14.6. The van der Waals surface area contributed by atoms with E-state index in [1.807, 2.05) is 70.2 Å². The molecule has 0 unspecified atom stereocenters. The molecule has 0 aliphatic carbocycles. The summed E-state index contributed by atoms with van der Waals surface area (Å²) in [5.41, 5.74) is -0.641. The van der Waals surface area contributed by atoms with Gasteiger partial charge in [0.15, 0.2) is 0 Å². The summed E-state index contributed by atoms with van der Waals surface area (Å²) in [7, 11) is 1.71. The van der Waals surface area contributed by atoms with E-state index in [0.29, 0.717) is 19.5 Å². The van der Waals surface area contributed by atoms with Crippen LogP contribution < -0.4 is 0 Å². The molecule has 10 nitrogen and oxygen atoms in total. The molecule has 45 heavy (non-hydrogen) atoms. The van der Waals surface area contributed by atoms with Gasteiger partial charge >= 0.3 is 5.97 Å². The number of rotatable bonds is 7. The number of hydrogen-bond acceptors (Lipinski definition) is 7. The first kappa shape index (κ1) is 32.9. The van der Waals surface area contributed by atoms with Crippen molar-refractivity contribution in [3.05, 3.63) is 60.2 Å². The highest BCUT2D eigenvalue weighted by Gasteiger charge is 2.74. The normalized spacial score (nSPS) is 33.6. The predicted octanol–water partition coefficient (Wildman–Crippen LogP) is 3.26. The summed E-state index contributed by atoms with van der Waals surface area (Å²) < 4.78 is 12.8. The van der Waals surface area contributed by atoms with E-state index in [9.17, 15) is 24.3 Å². The van der Waals surface area contributed by atoms with Gasteiger partial charge in [0.05, 0.1) is 30.7 Å². The second kappa shape index (κ2) is 13.5. The van der Waals surface area contributed by atoms with Crippen LogP contribution in [0.3, 0.4) is 0 Å². The van der Waals surface area contributed by atoms with Crippen molar-refractivity contribution in [3.63, 3.8) is 0 Å². The number of likely N-dealkylation sites (N-methyl/N-ethyl adjacent to an activating group) is 1. The molecule has 8 atom stereocenters. The van der Waals surface area contributed by atoms with Gasteiger partial charge in [-0.15, -0.1) is 0 Å². The zero-order valence-electron chi connectivity index (χ0n) is 27.0. The number of amides is 3. The monoisotopic (exact) mass is 621 g/mol. The fourth-order valence-electron chi connectivity index (χ4n) is 7.37. The highest BCUT2D eigenvalue weighted by molar-refractivity contribution is 5.99. The Morgan fingerprint density at radius 3 is 2.47 bits per heavy atom. The third-order valence-electron chi connectivity index (χ3n) is 10.1. The van der Waals surface area contributed by atoms with Gasteiger partial charge in [-0.2, -0.15) is 0 Å².